The van der Waals surface area contributed by atoms with Crippen molar-refractivity contribution in [3.63, 3.8) is 0 Å². The molecule has 1 amide bonds. The van der Waals surface area contributed by atoms with E-state index in [1.165, 1.54) is 44.7 Å². The van der Waals surface area contributed by atoms with Gasteiger partial charge >= 0.3 is 6.61 Å². The number of hydrogen-bond donors (Lipinski definition) is 1. The number of anilines is 1. The second kappa shape index (κ2) is 9.95. The van der Waals surface area contributed by atoms with E-state index in [0.29, 0.717) is 22.7 Å². The lowest BCUT2D eigenvalue weighted by atomic mass is 10.2. The summed E-state index contributed by atoms with van der Waals surface area (Å²) in [5, 5.41) is 6.29. The molecule has 2 aromatic carbocycles. The average molecular weight is 380 g/mol. The smallest absolute Gasteiger partial charge is 0.387 e. The second-order valence-corrected chi connectivity index (χ2v) is 5.07. The van der Waals surface area contributed by atoms with Crippen LogP contribution in [0.2, 0.25) is 0 Å². The van der Waals surface area contributed by atoms with Crippen molar-refractivity contribution in [2.75, 3.05) is 26.1 Å². The maximum absolute atomic E-state index is 12.1. The molecular weight excluding hydrogens is 362 g/mol. The zero-order valence-corrected chi connectivity index (χ0v) is 14.6. The predicted molar refractivity (Wildman–Crippen MR) is 94.8 cm³/mol. The van der Waals surface area contributed by atoms with Gasteiger partial charge in [-0.15, -0.1) is 0 Å². The molecule has 0 bridgehead atoms. The lowest BCUT2D eigenvalue weighted by Gasteiger charge is -2.10. The fourth-order valence-corrected chi connectivity index (χ4v) is 2.04. The van der Waals surface area contributed by atoms with Gasteiger partial charge < -0.3 is 24.4 Å². The maximum atomic E-state index is 12.1. The molecule has 2 rings (SSSR count). The lowest BCUT2D eigenvalue weighted by molar-refractivity contribution is -0.120. The first kappa shape index (κ1) is 20.0. The monoisotopic (exact) mass is 380 g/mol. The van der Waals surface area contributed by atoms with E-state index in [2.05, 4.69) is 15.2 Å². The lowest BCUT2D eigenvalue weighted by Crippen LogP contribution is -2.17. The standard InChI is InChI=1S/C18H18F2N2O5/c1-24-15-8-5-13(9-16(15)25-2)22-17(23)11-26-21-10-12-3-6-14(7-4-12)27-18(19)20/h3-10,18H,11H2,1-2H3,(H,22,23)/b21-10-. The summed E-state index contributed by atoms with van der Waals surface area (Å²) in [7, 11) is 3.01. The molecule has 0 fully saturated rings. The van der Waals surface area contributed by atoms with Gasteiger partial charge in [-0.3, -0.25) is 4.79 Å². The van der Waals surface area contributed by atoms with Gasteiger partial charge in [0.2, 0.25) is 0 Å². The van der Waals surface area contributed by atoms with E-state index in [-0.39, 0.29) is 12.4 Å². The summed E-state index contributed by atoms with van der Waals surface area (Å²) in [6.07, 6.45) is 1.34. The third-order valence-corrected chi connectivity index (χ3v) is 3.24. The van der Waals surface area contributed by atoms with Gasteiger partial charge in [0.1, 0.15) is 5.75 Å². The minimum Gasteiger partial charge on any atom is -0.493 e. The average Bonchev–Trinajstić information content (AvgIpc) is 2.66. The molecule has 144 valence electrons. The van der Waals surface area contributed by atoms with Gasteiger partial charge in [0, 0.05) is 11.8 Å². The highest BCUT2D eigenvalue weighted by Gasteiger charge is 2.08. The van der Waals surface area contributed by atoms with Crippen molar-refractivity contribution in [1.82, 2.24) is 0 Å². The van der Waals surface area contributed by atoms with Crippen LogP contribution in [0.4, 0.5) is 14.5 Å². The summed E-state index contributed by atoms with van der Waals surface area (Å²) < 4.78 is 38.6. The molecule has 0 aliphatic rings. The molecule has 27 heavy (non-hydrogen) atoms. The van der Waals surface area contributed by atoms with Crippen LogP contribution in [0.25, 0.3) is 0 Å². The Bertz CT molecular complexity index is 782. The molecule has 0 saturated heterocycles. The highest BCUT2D eigenvalue weighted by molar-refractivity contribution is 5.92. The normalized spacial score (nSPS) is 10.7. The van der Waals surface area contributed by atoms with Gasteiger partial charge in [0.05, 0.1) is 20.4 Å². The number of methoxy groups -OCH3 is 2. The van der Waals surface area contributed by atoms with E-state index in [1.54, 1.807) is 18.2 Å². The first-order valence-electron chi connectivity index (χ1n) is 7.74. The molecular formula is C18H18F2N2O5. The quantitative estimate of drug-likeness (QED) is 0.534. The fourth-order valence-electron chi connectivity index (χ4n) is 2.04. The van der Waals surface area contributed by atoms with E-state index in [9.17, 15) is 13.6 Å². The number of rotatable bonds is 9. The summed E-state index contributed by atoms with van der Waals surface area (Å²) in [6.45, 7) is -3.19. The number of benzene rings is 2. The number of carbonyl (C=O) groups excluding carboxylic acids is 1. The Balaban J connectivity index is 1.81. The van der Waals surface area contributed by atoms with Crippen LogP contribution in [0.15, 0.2) is 47.6 Å². The van der Waals surface area contributed by atoms with Crippen LogP contribution in [0.3, 0.4) is 0 Å². The number of oxime groups is 1. The van der Waals surface area contributed by atoms with Crippen molar-refractivity contribution >= 4 is 17.8 Å². The fraction of sp³-hybridized carbons (Fsp3) is 0.222. The topological polar surface area (TPSA) is 78.4 Å². The number of nitrogens with zero attached hydrogens (tertiary/aromatic N) is 1. The summed E-state index contributed by atoms with van der Waals surface area (Å²) in [6, 6.07) is 10.7. The molecule has 7 nitrogen and oxygen atoms in total. The molecule has 0 heterocycles. The summed E-state index contributed by atoms with van der Waals surface area (Å²) in [5.74, 6) is 0.646. The van der Waals surface area contributed by atoms with Gasteiger partial charge in [-0.2, -0.15) is 8.78 Å². The minimum absolute atomic E-state index is 0.0392. The highest BCUT2D eigenvalue weighted by Crippen LogP contribution is 2.29. The van der Waals surface area contributed by atoms with Crippen molar-refractivity contribution in [2.24, 2.45) is 5.16 Å². The third-order valence-electron chi connectivity index (χ3n) is 3.24. The van der Waals surface area contributed by atoms with Gasteiger partial charge in [0.15, 0.2) is 18.1 Å². The second-order valence-electron chi connectivity index (χ2n) is 5.07. The maximum Gasteiger partial charge on any atom is 0.387 e. The number of ether oxygens (including phenoxy) is 3. The Morgan fingerprint density at radius 1 is 1.11 bits per heavy atom. The predicted octanol–water partition coefficient (Wildman–Crippen LogP) is 3.29. The molecule has 0 aliphatic carbocycles. The van der Waals surface area contributed by atoms with Crippen LogP contribution in [0.5, 0.6) is 17.2 Å². The molecule has 0 unspecified atom stereocenters. The number of nitrogens with one attached hydrogen (secondary N) is 1. The molecule has 0 aromatic heterocycles. The molecule has 0 spiro atoms. The minimum atomic E-state index is -2.88. The first-order chi connectivity index (χ1) is 13.0. The van der Waals surface area contributed by atoms with Crippen molar-refractivity contribution in [3.8, 4) is 17.2 Å². The van der Waals surface area contributed by atoms with Crippen molar-refractivity contribution in [2.45, 2.75) is 6.61 Å². The summed E-state index contributed by atoms with van der Waals surface area (Å²) in [5.41, 5.74) is 1.11. The molecule has 0 aliphatic heterocycles. The number of halogens is 2. The molecule has 0 radical (unpaired) electrons. The van der Waals surface area contributed by atoms with Crippen molar-refractivity contribution < 1.29 is 32.6 Å². The Labute approximate surface area is 154 Å². The molecule has 2 aromatic rings. The molecule has 1 N–H and O–H groups in total. The SMILES string of the molecule is COc1ccc(NC(=O)CO/N=C\c2ccc(OC(F)F)cc2)cc1OC. The van der Waals surface area contributed by atoms with Gasteiger partial charge in [-0.1, -0.05) is 5.16 Å². The molecule has 0 saturated carbocycles. The van der Waals surface area contributed by atoms with Crippen molar-refractivity contribution in [3.05, 3.63) is 48.0 Å². The van der Waals surface area contributed by atoms with Crippen LogP contribution in [0.1, 0.15) is 5.56 Å². The Hall–Kier alpha value is -3.36. The van der Waals surface area contributed by atoms with Crippen LogP contribution < -0.4 is 19.5 Å². The third kappa shape index (κ3) is 6.46. The zero-order valence-electron chi connectivity index (χ0n) is 14.6. The summed E-state index contributed by atoms with van der Waals surface area (Å²) >= 11 is 0. The van der Waals surface area contributed by atoms with E-state index in [4.69, 9.17) is 14.3 Å². The first-order valence-corrected chi connectivity index (χ1v) is 7.74. The van der Waals surface area contributed by atoms with Crippen LogP contribution in [-0.2, 0) is 9.63 Å². The van der Waals surface area contributed by atoms with Gasteiger partial charge in [0.25, 0.3) is 5.91 Å². The van der Waals surface area contributed by atoms with E-state index >= 15 is 0 Å². The number of alkyl halides is 2. The van der Waals surface area contributed by atoms with E-state index < -0.39 is 12.5 Å². The van der Waals surface area contributed by atoms with Crippen LogP contribution in [0, 0.1) is 0 Å². The largest absolute Gasteiger partial charge is 0.493 e. The summed E-state index contributed by atoms with van der Waals surface area (Å²) in [4.78, 5) is 16.8. The molecule has 0 atom stereocenters. The Morgan fingerprint density at radius 3 is 2.44 bits per heavy atom. The Kier molecular flexibility index (Phi) is 7.36. The number of hydrogen-bond acceptors (Lipinski definition) is 6. The van der Waals surface area contributed by atoms with Crippen LogP contribution in [-0.4, -0.2) is 39.6 Å². The number of amides is 1. The number of carbonyl (C=O) groups is 1. The van der Waals surface area contributed by atoms with E-state index in [1.807, 2.05) is 0 Å². The highest BCUT2D eigenvalue weighted by atomic mass is 19.3. The van der Waals surface area contributed by atoms with Gasteiger partial charge in [-0.05, 0) is 42.0 Å². The zero-order chi connectivity index (χ0) is 19.6. The van der Waals surface area contributed by atoms with Crippen LogP contribution >= 0.6 is 0 Å². The van der Waals surface area contributed by atoms with E-state index in [0.717, 1.165) is 0 Å². The van der Waals surface area contributed by atoms with Gasteiger partial charge in [-0.25, -0.2) is 0 Å². The van der Waals surface area contributed by atoms with Crippen molar-refractivity contribution in [1.29, 1.82) is 0 Å². The Morgan fingerprint density at radius 2 is 1.81 bits per heavy atom. The molecule has 9 heteroatoms.